The van der Waals surface area contributed by atoms with Crippen molar-refractivity contribution in [1.82, 2.24) is 9.55 Å². The number of nitrogens with two attached hydrogens (primary N) is 1. The van der Waals surface area contributed by atoms with Gasteiger partial charge >= 0.3 is 0 Å². The summed E-state index contributed by atoms with van der Waals surface area (Å²) in [5.41, 5.74) is 8.06. The summed E-state index contributed by atoms with van der Waals surface area (Å²) in [7, 11) is 0. The first-order chi connectivity index (χ1) is 9.11. The summed E-state index contributed by atoms with van der Waals surface area (Å²) in [4.78, 5) is 4.23. The highest BCUT2D eigenvalue weighted by molar-refractivity contribution is 9.10. The Bertz CT molecular complexity index is 518. The lowest BCUT2D eigenvalue weighted by Crippen LogP contribution is -2.23. The number of aromatic nitrogens is 2. The molecule has 0 saturated carbocycles. The van der Waals surface area contributed by atoms with Gasteiger partial charge in [0, 0.05) is 22.7 Å². The molecule has 1 aromatic carbocycles. The number of hydrogen-bond donors (Lipinski definition) is 2. The number of imidazole rings is 1. The third-order valence-electron chi connectivity index (χ3n) is 3.03. The Hall–Kier alpha value is -1.33. The standard InChI is InChI=1S/C14H19BrN4/c1-10(2)19-9-17-8-14(19)13(7-16)18-12-5-3-11(15)4-6-12/h3-6,8-10,13,18H,7,16H2,1-2H3. The van der Waals surface area contributed by atoms with E-state index in [0.717, 1.165) is 15.9 Å². The summed E-state index contributed by atoms with van der Waals surface area (Å²) in [6.07, 6.45) is 3.73. The van der Waals surface area contributed by atoms with E-state index in [1.54, 1.807) is 0 Å². The van der Waals surface area contributed by atoms with Crippen molar-refractivity contribution in [2.45, 2.75) is 25.9 Å². The molecule has 0 bridgehead atoms. The quantitative estimate of drug-likeness (QED) is 0.887. The fraction of sp³-hybridized carbons (Fsp3) is 0.357. The Labute approximate surface area is 122 Å². The maximum absolute atomic E-state index is 5.90. The van der Waals surface area contributed by atoms with Crippen molar-refractivity contribution in [2.75, 3.05) is 11.9 Å². The predicted molar refractivity (Wildman–Crippen MR) is 82.2 cm³/mol. The first-order valence-electron chi connectivity index (χ1n) is 6.35. The molecule has 0 saturated heterocycles. The number of nitrogens with one attached hydrogen (secondary N) is 1. The average molecular weight is 323 g/mol. The molecule has 2 aromatic rings. The van der Waals surface area contributed by atoms with Crippen LogP contribution in [-0.2, 0) is 0 Å². The molecule has 5 heteroatoms. The molecule has 4 nitrogen and oxygen atoms in total. The second kappa shape index (κ2) is 6.21. The van der Waals surface area contributed by atoms with E-state index in [2.05, 4.69) is 44.6 Å². The molecular formula is C14H19BrN4. The lowest BCUT2D eigenvalue weighted by atomic mass is 10.2. The lowest BCUT2D eigenvalue weighted by molar-refractivity contribution is 0.553. The Morgan fingerprint density at radius 1 is 1.32 bits per heavy atom. The van der Waals surface area contributed by atoms with Crippen LogP contribution < -0.4 is 11.1 Å². The van der Waals surface area contributed by atoms with Gasteiger partial charge in [-0.05, 0) is 38.1 Å². The highest BCUT2D eigenvalue weighted by Crippen LogP contribution is 2.22. The van der Waals surface area contributed by atoms with E-state index in [-0.39, 0.29) is 6.04 Å². The molecule has 0 amide bonds. The molecule has 1 heterocycles. The molecule has 19 heavy (non-hydrogen) atoms. The van der Waals surface area contributed by atoms with Crippen molar-refractivity contribution in [3.63, 3.8) is 0 Å². The number of hydrogen-bond acceptors (Lipinski definition) is 3. The Morgan fingerprint density at radius 3 is 2.58 bits per heavy atom. The van der Waals surface area contributed by atoms with Gasteiger partial charge in [0.1, 0.15) is 0 Å². The third kappa shape index (κ3) is 3.36. The van der Waals surface area contributed by atoms with Crippen molar-refractivity contribution in [3.05, 3.63) is 47.0 Å². The highest BCUT2D eigenvalue weighted by Gasteiger charge is 2.15. The normalized spacial score (nSPS) is 12.7. The van der Waals surface area contributed by atoms with Crippen LogP contribution in [0.15, 0.2) is 41.3 Å². The minimum Gasteiger partial charge on any atom is -0.375 e. The fourth-order valence-electron chi connectivity index (χ4n) is 2.02. The summed E-state index contributed by atoms with van der Waals surface area (Å²) in [5.74, 6) is 0. The smallest absolute Gasteiger partial charge is 0.0951 e. The lowest BCUT2D eigenvalue weighted by Gasteiger charge is -2.21. The van der Waals surface area contributed by atoms with E-state index < -0.39 is 0 Å². The SMILES string of the molecule is CC(C)n1cncc1C(CN)Nc1ccc(Br)cc1. The molecule has 1 aromatic heterocycles. The van der Waals surface area contributed by atoms with Gasteiger partial charge in [-0.1, -0.05) is 15.9 Å². The van der Waals surface area contributed by atoms with Gasteiger partial charge in [-0.2, -0.15) is 0 Å². The van der Waals surface area contributed by atoms with Crippen LogP contribution in [0.4, 0.5) is 5.69 Å². The molecule has 102 valence electrons. The number of nitrogens with zero attached hydrogens (tertiary/aromatic N) is 2. The summed E-state index contributed by atoms with van der Waals surface area (Å²) in [5, 5.41) is 3.45. The number of anilines is 1. The molecule has 0 spiro atoms. The molecule has 1 atom stereocenters. The molecule has 0 aliphatic rings. The van der Waals surface area contributed by atoms with Crippen molar-refractivity contribution >= 4 is 21.6 Å². The van der Waals surface area contributed by atoms with Crippen molar-refractivity contribution in [3.8, 4) is 0 Å². The second-order valence-electron chi connectivity index (χ2n) is 4.76. The van der Waals surface area contributed by atoms with Crippen LogP contribution in [0.3, 0.4) is 0 Å². The Kier molecular flexibility index (Phi) is 4.61. The minimum absolute atomic E-state index is 0.0612. The topological polar surface area (TPSA) is 55.9 Å². The van der Waals surface area contributed by atoms with Gasteiger partial charge in [-0.15, -0.1) is 0 Å². The maximum atomic E-state index is 5.90. The summed E-state index contributed by atoms with van der Waals surface area (Å²) in [6, 6.07) is 8.51. The van der Waals surface area contributed by atoms with Crippen LogP contribution in [0.5, 0.6) is 0 Å². The molecule has 0 aliphatic carbocycles. The average Bonchev–Trinajstić information content (AvgIpc) is 2.87. The van der Waals surface area contributed by atoms with Gasteiger partial charge < -0.3 is 15.6 Å². The van der Waals surface area contributed by atoms with E-state index in [9.17, 15) is 0 Å². The first-order valence-corrected chi connectivity index (χ1v) is 7.15. The number of rotatable bonds is 5. The third-order valence-corrected chi connectivity index (χ3v) is 3.56. The van der Waals surface area contributed by atoms with Gasteiger partial charge in [0.05, 0.1) is 24.3 Å². The van der Waals surface area contributed by atoms with E-state index >= 15 is 0 Å². The highest BCUT2D eigenvalue weighted by atomic mass is 79.9. The van der Waals surface area contributed by atoms with Gasteiger partial charge in [0.15, 0.2) is 0 Å². The monoisotopic (exact) mass is 322 g/mol. The van der Waals surface area contributed by atoms with Gasteiger partial charge in [-0.3, -0.25) is 0 Å². The summed E-state index contributed by atoms with van der Waals surface area (Å²) in [6.45, 7) is 4.80. The molecular weight excluding hydrogens is 304 g/mol. The predicted octanol–water partition coefficient (Wildman–Crippen LogP) is 3.34. The summed E-state index contributed by atoms with van der Waals surface area (Å²) >= 11 is 3.43. The zero-order chi connectivity index (χ0) is 13.8. The molecule has 3 N–H and O–H groups in total. The van der Waals surface area contributed by atoms with E-state index in [4.69, 9.17) is 5.73 Å². The van der Waals surface area contributed by atoms with Crippen LogP contribution in [0.2, 0.25) is 0 Å². The second-order valence-corrected chi connectivity index (χ2v) is 5.67. The van der Waals surface area contributed by atoms with E-state index in [1.807, 2.05) is 36.8 Å². The zero-order valence-corrected chi connectivity index (χ0v) is 12.8. The van der Waals surface area contributed by atoms with Crippen LogP contribution >= 0.6 is 15.9 Å². The minimum atomic E-state index is 0.0612. The molecule has 0 aliphatic heterocycles. The van der Waals surface area contributed by atoms with Crippen LogP contribution in [0.25, 0.3) is 0 Å². The first kappa shape index (κ1) is 14.1. The van der Waals surface area contributed by atoms with Crippen LogP contribution in [0, 0.1) is 0 Å². The van der Waals surface area contributed by atoms with Gasteiger partial charge in [-0.25, -0.2) is 4.98 Å². The Balaban J connectivity index is 2.20. The van der Waals surface area contributed by atoms with Crippen molar-refractivity contribution < 1.29 is 0 Å². The summed E-state index contributed by atoms with van der Waals surface area (Å²) < 4.78 is 3.21. The fourth-order valence-corrected chi connectivity index (χ4v) is 2.28. The van der Waals surface area contributed by atoms with Crippen LogP contribution in [-0.4, -0.2) is 16.1 Å². The maximum Gasteiger partial charge on any atom is 0.0951 e. The van der Waals surface area contributed by atoms with Crippen molar-refractivity contribution in [1.29, 1.82) is 0 Å². The number of benzene rings is 1. The van der Waals surface area contributed by atoms with Crippen LogP contribution in [0.1, 0.15) is 31.6 Å². The van der Waals surface area contributed by atoms with E-state index in [0.29, 0.717) is 12.6 Å². The zero-order valence-electron chi connectivity index (χ0n) is 11.2. The molecule has 0 radical (unpaired) electrons. The Morgan fingerprint density at radius 2 is 2.00 bits per heavy atom. The molecule has 2 rings (SSSR count). The van der Waals surface area contributed by atoms with E-state index in [1.165, 1.54) is 0 Å². The molecule has 0 fully saturated rings. The molecule has 1 unspecified atom stereocenters. The number of halogens is 1. The van der Waals surface area contributed by atoms with Crippen molar-refractivity contribution in [2.24, 2.45) is 5.73 Å². The van der Waals surface area contributed by atoms with Gasteiger partial charge in [0.2, 0.25) is 0 Å². The largest absolute Gasteiger partial charge is 0.375 e. The van der Waals surface area contributed by atoms with Gasteiger partial charge in [0.25, 0.3) is 0 Å².